The van der Waals surface area contributed by atoms with Gasteiger partial charge in [0, 0.05) is 38.8 Å². The van der Waals surface area contributed by atoms with E-state index in [9.17, 15) is 0 Å². The van der Waals surface area contributed by atoms with Crippen molar-refractivity contribution in [2.45, 2.75) is 59.4 Å². The Morgan fingerprint density at radius 2 is 1.62 bits per heavy atom. The number of likely N-dealkylation sites (tertiary alicyclic amines) is 1. The molecule has 1 saturated carbocycles. The molecule has 0 N–H and O–H groups in total. The Hall–Kier alpha value is -0.120. The van der Waals surface area contributed by atoms with E-state index in [0.29, 0.717) is 5.41 Å². The first-order valence-electron chi connectivity index (χ1n) is 10.5. The van der Waals surface area contributed by atoms with Crippen LogP contribution in [0.25, 0.3) is 0 Å². The van der Waals surface area contributed by atoms with Crippen molar-refractivity contribution in [1.82, 2.24) is 14.7 Å². The van der Waals surface area contributed by atoms with Gasteiger partial charge in [-0.1, -0.05) is 27.7 Å². The van der Waals surface area contributed by atoms with E-state index in [1.54, 1.807) is 0 Å². The summed E-state index contributed by atoms with van der Waals surface area (Å²) in [5, 5.41) is 0. The van der Waals surface area contributed by atoms with E-state index in [0.717, 1.165) is 23.8 Å². The number of hydrogen-bond acceptors (Lipinski definition) is 3. The van der Waals surface area contributed by atoms with Crippen LogP contribution < -0.4 is 0 Å². The van der Waals surface area contributed by atoms with Crippen LogP contribution in [-0.4, -0.2) is 73.6 Å². The highest BCUT2D eigenvalue weighted by atomic mass is 15.3. The number of piperazine rings is 1. The Balaban J connectivity index is 1.44. The van der Waals surface area contributed by atoms with Gasteiger partial charge in [0.15, 0.2) is 0 Å². The van der Waals surface area contributed by atoms with Crippen LogP contribution >= 0.6 is 0 Å². The van der Waals surface area contributed by atoms with Gasteiger partial charge in [-0.15, -0.1) is 0 Å². The Morgan fingerprint density at radius 1 is 0.958 bits per heavy atom. The minimum atomic E-state index is 0.537. The summed E-state index contributed by atoms with van der Waals surface area (Å²) in [5.41, 5.74) is 0.537. The van der Waals surface area contributed by atoms with Crippen molar-refractivity contribution in [2.75, 3.05) is 52.9 Å². The lowest BCUT2D eigenvalue weighted by atomic mass is 9.59. The molecule has 3 rings (SSSR count). The van der Waals surface area contributed by atoms with Gasteiger partial charge >= 0.3 is 0 Å². The van der Waals surface area contributed by atoms with Crippen LogP contribution in [0.4, 0.5) is 0 Å². The minimum absolute atomic E-state index is 0.537. The standard InChI is InChI=1S/C21H41N3/c1-17(2)6-8-23-9-7-18(16-23)21(3,4)19-14-20(15-19)24-12-10-22(5)11-13-24/h17-20H,6-16H2,1-5H3. The van der Waals surface area contributed by atoms with Gasteiger partial charge in [0.2, 0.25) is 0 Å². The molecule has 0 radical (unpaired) electrons. The average molecular weight is 336 g/mol. The lowest BCUT2D eigenvalue weighted by Gasteiger charge is -2.53. The maximum absolute atomic E-state index is 2.77. The smallest absolute Gasteiger partial charge is 0.0113 e. The summed E-state index contributed by atoms with van der Waals surface area (Å²) >= 11 is 0. The van der Waals surface area contributed by atoms with Gasteiger partial charge in [-0.05, 0) is 69.0 Å². The average Bonchev–Trinajstić information content (AvgIpc) is 2.95. The monoisotopic (exact) mass is 335 g/mol. The predicted octanol–water partition coefficient (Wildman–Crippen LogP) is 3.41. The van der Waals surface area contributed by atoms with Crippen molar-refractivity contribution < 1.29 is 0 Å². The number of rotatable bonds is 6. The molecule has 3 heteroatoms. The normalized spacial score (nSPS) is 34.0. The fourth-order valence-corrected chi connectivity index (χ4v) is 5.10. The fraction of sp³-hybridized carbons (Fsp3) is 1.00. The molecular weight excluding hydrogens is 294 g/mol. The van der Waals surface area contributed by atoms with Crippen LogP contribution in [-0.2, 0) is 0 Å². The molecule has 3 fully saturated rings. The van der Waals surface area contributed by atoms with E-state index in [-0.39, 0.29) is 0 Å². The first kappa shape index (κ1) is 18.7. The molecule has 2 saturated heterocycles. The lowest BCUT2D eigenvalue weighted by molar-refractivity contribution is -0.0278. The molecule has 3 aliphatic rings. The Kier molecular flexibility index (Phi) is 5.94. The molecule has 0 spiro atoms. The second-order valence-corrected chi connectivity index (χ2v) is 9.95. The largest absolute Gasteiger partial charge is 0.304 e. The predicted molar refractivity (Wildman–Crippen MR) is 103 cm³/mol. The van der Waals surface area contributed by atoms with E-state index in [1.165, 1.54) is 71.5 Å². The van der Waals surface area contributed by atoms with E-state index in [2.05, 4.69) is 49.4 Å². The van der Waals surface area contributed by atoms with Gasteiger partial charge in [-0.25, -0.2) is 0 Å². The van der Waals surface area contributed by atoms with Gasteiger partial charge in [0.1, 0.15) is 0 Å². The van der Waals surface area contributed by atoms with Crippen LogP contribution in [0.1, 0.15) is 53.4 Å². The van der Waals surface area contributed by atoms with Crippen molar-refractivity contribution in [3.05, 3.63) is 0 Å². The quantitative estimate of drug-likeness (QED) is 0.736. The molecule has 1 aliphatic carbocycles. The van der Waals surface area contributed by atoms with Crippen LogP contribution in [0.15, 0.2) is 0 Å². The Morgan fingerprint density at radius 3 is 2.25 bits per heavy atom. The SMILES string of the molecule is CC(C)CCN1CCC(C(C)(C)C2CC(N3CCN(C)CC3)C2)C1. The molecule has 0 aromatic carbocycles. The highest BCUT2D eigenvalue weighted by molar-refractivity contribution is 4.99. The highest BCUT2D eigenvalue weighted by Gasteiger charge is 2.47. The topological polar surface area (TPSA) is 9.72 Å². The molecule has 3 nitrogen and oxygen atoms in total. The first-order chi connectivity index (χ1) is 11.4. The van der Waals surface area contributed by atoms with Crippen LogP contribution in [0.2, 0.25) is 0 Å². The number of nitrogens with zero attached hydrogens (tertiary/aromatic N) is 3. The summed E-state index contributed by atoms with van der Waals surface area (Å²) in [4.78, 5) is 7.99. The van der Waals surface area contributed by atoms with E-state index in [4.69, 9.17) is 0 Å². The molecule has 24 heavy (non-hydrogen) atoms. The van der Waals surface area contributed by atoms with Gasteiger partial charge in [-0.2, -0.15) is 0 Å². The minimum Gasteiger partial charge on any atom is -0.304 e. The zero-order chi connectivity index (χ0) is 17.3. The molecule has 2 aliphatic heterocycles. The second kappa shape index (κ2) is 7.63. The molecule has 140 valence electrons. The molecule has 0 aromatic heterocycles. The summed E-state index contributed by atoms with van der Waals surface area (Å²) in [6, 6.07) is 0.890. The zero-order valence-corrected chi connectivity index (χ0v) is 16.9. The van der Waals surface area contributed by atoms with Crippen molar-refractivity contribution in [1.29, 1.82) is 0 Å². The summed E-state index contributed by atoms with van der Waals surface area (Å²) < 4.78 is 0. The number of hydrogen-bond donors (Lipinski definition) is 0. The highest BCUT2D eigenvalue weighted by Crippen LogP contribution is 2.50. The molecule has 0 bridgehead atoms. The van der Waals surface area contributed by atoms with E-state index >= 15 is 0 Å². The van der Waals surface area contributed by atoms with Crippen molar-refractivity contribution in [3.63, 3.8) is 0 Å². The van der Waals surface area contributed by atoms with Crippen LogP contribution in [0.3, 0.4) is 0 Å². The molecule has 1 atom stereocenters. The second-order valence-electron chi connectivity index (χ2n) is 9.95. The third-order valence-corrected chi connectivity index (χ3v) is 7.57. The van der Waals surface area contributed by atoms with E-state index in [1.807, 2.05) is 0 Å². The van der Waals surface area contributed by atoms with Crippen LogP contribution in [0.5, 0.6) is 0 Å². The Bertz CT molecular complexity index is 392. The van der Waals surface area contributed by atoms with Gasteiger partial charge in [0.05, 0.1) is 0 Å². The molecule has 0 amide bonds. The van der Waals surface area contributed by atoms with Gasteiger partial charge in [0.25, 0.3) is 0 Å². The van der Waals surface area contributed by atoms with Crippen molar-refractivity contribution in [2.24, 2.45) is 23.2 Å². The van der Waals surface area contributed by atoms with Crippen molar-refractivity contribution in [3.8, 4) is 0 Å². The summed E-state index contributed by atoms with van der Waals surface area (Å²) in [6.45, 7) is 19.0. The lowest BCUT2D eigenvalue weighted by Crippen LogP contribution is -2.56. The molecular formula is C21H41N3. The van der Waals surface area contributed by atoms with Crippen molar-refractivity contribution >= 4 is 0 Å². The zero-order valence-electron chi connectivity index (χ0n) is 16.9. The van der Waals surface area contributed by atoms with Crippen LogP contribution in [0, 0.1) is 23.2 Å². The van der Waals surface area contributed by atoms with Gasteiger partial charge in [-0.3, -0.25) is 4.90 Å². The summed E-state index contributed by atoms with van der Waals surface area (Å²) in [6.07, 6.45) is 5.71. The summed E-state index contributed by atoms with van der Waals surface area (Å²) in [5.74, 6) is 2.72. The molecule has 2 heterocycles. The van der Waals surface area contributed by atoms with E-state index < -0.39 is 0 Å². The number of likely N-dealkylation sites (N-methyl/N-ethyl adjacent to an activating group) is 1. The maximum Gasteiger partial charge on any atom is 0.0113 e. The third-order valence-electron chi connectivity index (χ3n) is 7.57. The van der Waals surface area contributed by atoms with Gasteiger partial charge < -0.3 is 9.80 Å². The fourth-order valence-electron chi connectivity index (χ4n) is 5.10. The molecule has 1 unspecified atom stereocenters. The summed E-state index contributed by atoms with van der Waals surface area (Å²) in [7, 11) is 2.26. The maximum atomic E-state index is 2.77. The third kappa shape index (κ3) is 4.16. The first-order valence-corrected chi connectivity index (χ1v) is 10.5. The Labute approximate surface area is 150 Å². The molecule has 0 aromatic rings.